The van der Waals surface area contributed by atoms with Gasteiger partial charge in [0.15, 0.2) is 11.5 Å². The molecule has 0 amide bonds. The fourth-order valence-corrected chi connectivity index (χ4v) is 3.83. The third-order valence-corrected chi connectivity index (χ3v) is 5.49. The van der Waals surface area contributed by atoms with Gasteiger partial charge < -0.3 is 23.6 Å². The average Bonchev–Trinajstić information content (AvgIpc) is 2.79. The summed E-state index contributed by atoms with van der Waals surface area (Å²) in [5, 5.41) is 10.9. The van der Waals surface area contributed by atoms with Crippen molar-refractivity contribution in [2.45, 2.75) is 19.9 Å². The second-order valence-corrected chi connectivity index (χ2v) is 7.40. The smallest absolute Gasteiger partial charge is 0.347 e. The molecule has 0 atom stereocenters. The Kier molecular flexibility index (Phi) is 5.73. The molecule has 2 aromatic heterocycles. The number of ether oxygens (including phenoxy) is 2. The number of aromatic hydroxyl groups is 1. The number of benzene rings is 2. The normalized spacial score (nSPS) is 11.0. The van der Waals surface area contributed by atoms with Crippen LogP contribution >= 0.6 is 0 Å². The Bertz CT molecular complexity index is 1400. The molecule has 4 aromatic rings. The number of hydrogen-bond acceptors (Lipinski definition) is 6. The van der Waals surface area contributed by atoms with Crippen LogP contribution in [0.2, 0.25) is 0 Å². The molecular formula is C25H23NO6. The molecule has 0 saturated heterocycles. The van der Waals surface area contributed by atoms with E-state index >= 15 is 0 Å². The van der Waals surface area contributed by atoms with E-state index in [4.69, 9.17) is 13.9 Å². The minimum atomic E-state index is -0.692. The molecule has 0 bridgehead atoms. The highest BCUT2D eigenvalue weighted by molar-refractivity contribution is 5.89. The maximum Gasteiger partial charge on any atom is 0.347 e. The maximum atomic E-state index is 13.3. The summed E-state index contributed by atoms with van der Waals surface area (Å²) >= 11 is 0. The molecule has 4 rings (SSSR count). The molecule has 1 N–H and O–H groups in total. The third-order valence-electron chi connectivity index (χ3n) is 5.49. The number of rotatable bonds is 6. The Balaban J connectivity index is 1.78. The van der Waals surface area contributed by atoms with E-state index < -0.39 is 11.2 Å². The number of hydrogen-bond donors (Lipinski definition) is 1. The number of fused-ring (bicyclic) bond motifs is 1. The van der Waals surface area contributed by atoms with Crippen LogP contribution in [-0.2, 0) is 13.0 Å². The van der Waals surface area contributed by atoms with Gasteiger partial charge in [-0.3, -0.25) is 4.79 Å². The number of nitrogens with zero attached hydrogens (tertiary/aromatic N) is 1. The monoisotopic (exact) mass is 433 g/mol. The number of aromatic nitrogens is 1. The van der Waals surface area contributed by atoms with Crippen molar-refractivity contribution in [1.82, 2.24) is 4.57 Å². The Morgan fingerprint density at radius 2 is 1.69 bits per heavy atom. The minimum absolute atomic E-state index is 0.0126. The summed E-state index contributed by atoms with van der Waals surface area (Å²) in [5.74, 6) is 0.871. The summed E-state index contributed by atoms with van der Waals surface area (Å²) < 4.78 is 17.6. The standard InChI is InChI=1S/C25H23NO6/c1-15-13-20-22(23(27)21(25(29)32-20)17-7-5-4-6-8-17)24(28)26(15)12-11-16-9-10-18(30-2)19(14-16)31-3/h4-10,13-14,27H,11-12H2,1-3H3. The quantitative estimate of drug-likeness (QED) is 0.496. The first-order valence-corrected chi connectivity index (χ1v) is 10.1. The Morgan fingerprint density at radius 1 is 0.969 bits per heavy atom. The molecule has 7 nitrogen and oxygen atoms in total. The van der Waals surface area contributed by atoms with Crippen molar-refractivity contribution in [3.63, 3.8) is 0 Å². The maximum absolute atomic E-state index is 13.3. The highest BCUT2D eigenvalue weighted by Crippen LogP contribution is 2.31. The average molecular weight is 433 g/mol. The number of methoxy groups -OCH3 is 2. The molecule has 164 valence electrons. The summed E-state index contributed by atoms with van der Waals surface area (Å²) in [6.07, 6.45) is 0.551. The fraction of sp³-hybridized carbons (Fsp3) is 0.200. The van der Waals surface area contributed by atoms with Gasteiger partial charge in [-0.25, -0.2) is 4.79 Å². The van der Waals surface area contributed by atoms with E-state index in [0.29, 0.717) is 35.7 Å². The zero-order chi connectivity index (χ0) is 22.8. The van der Waals surface area contributed by atoms with E-state index in [0.717, 1.165) is 5.56 Å². The van der Waals surface area contributed by atoms with Gasteiger partial charge in [-0.05, 0) is 36.6 Å². The van der Waals surface area contributed by atoms with Crippen molar-refractivity contribution < 1.29 is 19.0 Å². The second-order valence-electron chi connectivity index (χ2n) is 7.40. The highest BCUT2D eigenvalue weighted by atomic mass is 16.5. The van der Waals surface area contributed by atoms with Crippen LogP contribution in [0, 0.1) is 6.92 Å². The topological polar surface area (TPSA) is 90.9 Å². The predicted molar refractivity (Wildman–Crippen MR) is 122 cm³/mol. The van der Waals surface area contributed by atoms with Gasteiger partial charge >= 0.3 is 5.63 Å². The Labute approximate surface area is 184 Å². The molecule has 2 heterocycles. The summed E-state index contributed by atoms with van der Waals surface area (Å²) in [6.45, 7) is 2.13. The zero-order valence-corrected chi connectivity index (χ0v) is 18.0. The van der Waals surface area contributed by atoms with E-state index in [1.807, 2.05) is 18.2 Å². The molecule has 0 fully saturated rings. The number of aryl methyl sites for hydroxylation is 2. The van der Waals surface area contributed by atoms with E-state index in [-0.39, 0.29) is 22.3 Å². The first kappa shape index (κ1) is 21.2. The van der Waals surface area contributed by atoms with Crippen LogP contribution in [0.4, 0.5) is 0 Å². The van der Waals surface area contributed by atoms with Crippen LogP contribution in [0.25, 0.3) is 22.1 Å². The molecule has 0 saturated carbocycles. The lowest BCUT2D eigenvalue weighted by molar-refractivity contribution is 0.354. The molecule has 0 radical (unpaired) electrons. The lowest BCUT2D eigenvalue weighted by Gasteiger charge is -2.14. The van der Waals surface area contributed by atoms with Crippen molar-refractivity contribution in [2.24, 2.45) is 0 Å². The van der Waals surface area contributed by atoms with Gasteiger partial charge in [0.2, 0.25) is 0 Å². The van der Waals surface area contributed by atoms with E-state index in [2.05, 4.69) is 0 Å². The van der Waals surface area contributed by atoms with Gasteiger partial charge in [0.25, 0.3) is 5.56 Å². The van der Waals surface area contributed by atoms with Crippen LogP contribution in [0.1, 0.15) is 11.3 Å². The van der Waals surface area contributed by atoms with Crippen LogP contribution in [0.5, 0.6) is 17.2 Å². The summed E-state index contributed by atoms with van der Waals surface area (Å²) in [4.78, 5) is 25.8. The van der Waals surface area contributed by atoms with Gasteiger partial charge in [-0.2, -0.15) is 0 Å². The van der Waals surface area contributed by atoms with Crippen molar-refractivity contribution in [3.8, 4) is 28.4 Å². The largest absolute Gasteiger partial charge is 0.506 e. The van der Waals surface area contributed by atoms with Gasteiger partial charge in [0.1, 0.15) is 22.3 Å². The van der Waals surface area contributed by atoms with Crippen molar-refractivity contribution >= 4 is 11.0 Å². The van der Waals surface area contributed by atoms with Crippen molar-refractivity contribution in [2.75, 3.05) is 14.2 Å². The van der Waals surface area contributed by atoms with E-state index in [1.165, 1.54) is 0 Å². The van der Waals surface area contributed by atoms with Crippen LogP contribution < -0.4 is 20.7 Å². The lowest BCUT2D eigenvalue weighted by Crippen LogP contribution is -2.24. The molecule has 0 aliphatic carbocycles. The minimum Gasteiger partial charge on any atom is -0.506 e. The highest BCUT2D eigenvalue weighted by Gasteiger charge is 2.20. The molecular weight excluding hydrogens is 410 g/mol. The molecule has 0 unspecified atom stereocenters. The molecule has 2 aromatic carbocycles. The van der Waals surface area contributed by atoms with Gasteiger partial charge in [0.05, 0.1) is 14.2 Å². The number of pyridine rings is 1. The molecule has 0 aliphatic heterocycles. The zero-order valence-electron chi connectivity index (χ0n) is 18.0. The summed E-state index contributed by atoms with van der Waals surface area (Å²) in [6, 6.07) is 15.8. The van der Waals surface area contributed by atoms with Crippen LogP contribution in [0.3, 0.4) is 0 Å². The summed E-state index contributed by atoms with van der Waals surface area (Å²) in [7, 11) is 3.14. The molecule has 7 heteroatoms. The molecule has 0 aliphatic rings. The lowest BCUT2D eigenvalue weighted by atomic mass is 10.0. The SMILES string of the molecule is COc1ccc(CCn2c(C)cc3oc(=O)c(-c4ccccc4)c(O)c3c2=O)cc1OC. The van der Waals surface area contributed by atoms with Crippen LogP contribution in [-0.4, -0.2) is 23.9 Å². The van der Waals surface area contributed by atoms with Gasteiger partial charge in [0, 0.05) is 18.3 Å². The third kappa shape index (κ3) is 3.73. The molecule has 0 spiro atoms. The van der Waals surface area contributed by atoms with Gasteiger partial charge in [-0.15, -0.1) is 0 Å². The van der Waals surface area contributed by atoms with Crippen molar-refractivity contribution in [1.29, 1.82) is 0 Å². The second kappa shape index (κ2) is 8.63. The van der Waals surface area contributed by atoms with Crippen LogP contribution in [0.15, 0.2) is 68.6 Å². The Hall–Kier alpha value is -4.00. The molecule has 32 heavy (non-hydrogen) atoms. The predicted octanol–water partition coefficient (Wildman–Crippen LogP) is 3.90. The van der Waals surface area contributed by atoms with Crippen molar-refractivity contribution in [3.05, 3.63) is 86.6 Å². The first-order valence-electron chi connectivity index (χ1n) is 10.1. The van der Waals surface area contributed by atoms with E-state index in [1.54, 1.807) is 62.1 Å². The Morgan fingerprint density at radius 3 is 2.38 bits per heavy atom. The van der Waals surface area contributed by atoms with E-state index in [9.17, 15) is 14.7 Å². The fourth-order valence-electron chi connectivity index (χ4n) is 3.83. The summed E-state index contributed by atoms with van der Waals surface area (Å²) in [5.41, 5.74) is 1.00. The first-order chi connectivity index (χ1) is 15.4. The van der Waals surface area contributed by atoms with Gasteiger partial charge in [-0.1, -0.05) is 36.4 Å².